The summed E-state index contributed by atoms with van der Waals surface area (Å²) in [6.45, 7) is 1.32. The van der Waals surface area contributed by atoms with Crippen LogP contribution in [0.15, 0.2) is 88.7 Å². The number of nitrogens with one attached hydrogen (secondary N) is 1. The van der Waals surface area contributed by atoms with Crippen LogP contribution in [0.4, 0.5) is 11.4 Å². The van der Waals surface area contributed by atoms with Crippen molar-refractivity contribution in [2.75, 3.05) is 23.7 Å². The van der Waals surface area contributed by atoms with Crippen LogP contribution in [0.3, 0.4) is 0 Å². The smallest absolute Gasteiger partial charge is 0.293 e. The number of benzene rings is 3. The fourth-order valence-corrected chi connectivity index (χ4v) is 11.1. The molecule has 0 aliphatic heterocycles. The van der Waals surface area contributed by atoms with E-state index in [1.54, 1.807) is 30.0 Å². The van der Waals surface area contributed by atoms with Crippen LogP contribution in [0, 0.1) is 33.3 Å². The molecule has 3 aromatic carbocycles. The van der Waals surface area contributed by atoms with Crippen LogP contribution < -0.4 is 9.62 Å². The molecule has 0 heterocycles. The molecular formula is C38H43N3O5S2. The summed E-state index contributed by atoms with van der Waals surface area (Å²) in [7, 11) is -4.37. The Morgan fingerprint density at radius 2 is 1.62 bits per heavy atom. The first kappa shape index (κ1) is 32.9. The maximum absolute atomic E-state index is 13.4. The molecule has 4 saturated carbocycles. The Morgan fingerprint density at radius 1 is 0.938 bits per heavy atom. The van der Waals surface area contributed by atoms with E-state index < -0.39 is 20.9 Å². The zero-order valence-corrected chi connectivity index (χ0v) is 28.8. The Labute approximate surface area is 287 Å². The van der Waals surface area contributed by atoms with Crippen LogP contribution in [0.2, 0.25) is 0 Å². The highest BCUT2D eigenvalue weighted by Gasteiger charge is 2.51. The number of hydrogen-bond acceptors (Lipinski definition) is 7. The predicted octanol–water partition coefficient (Wildman–Crippen LogP) is 8.49. The van der Waals surface area contributed by atoms with Crippen molar-refractivity contribution in [3.63, 3.8) is 0 Å². The lowest BCUT2D eigenvalue weighted by Gasteiger charge is -2.58. The summed E-state index contributed by atoms with van der Waals surface area (Å²) in [6.07, 6.45) is 13.9. The highest BCUT2D eigenvalue weighted by molar-refractivity contribution is 7.99. The van der Waals surface area contributed by atoms with E-state index in [1.165, 1.54) is 37.3 Å². The molecule has 4 bridgehead atoms. The monoisotopic (exact) mass is 685 g/mol. The molecule has 0 radical (unpaired) electrons. The highest BCUT2D eigenvalue weighted by Crippen LogP contribution is 2.60. The van der Waals surface area contributed by atoms with Gasteiger partial charge in [-0.1, -0.05) is 36.4 Å². The molecule has 0 spiro atoms. The Balaban J connectivity index is 1.12. The summed E-state index contributed by atoms with van der Waals surface area (Å²) < 4.78 is 29.0. The fraction of sp³-hybridized carbons (Fsp3) is 0.447. The Kier molecular flexibility index (Phi) is 9.39. The van der Waals surface area contributed by atoms with Crippen molar-refractivity contribution in [3.05, 3.63) is 100 Å². The molecular weight excluding hydrogens is 643 g/mol. The minimum Gasteiger partial charge on any atom is -0.365 e. The van der Waals surface area contributed by atoms with E-state index >= 15 is 0 Å². The maximum atomic E-state index is 13.4. The SMILES string of the molecule is O=C(NS(=O)(=O)c1ccc(N(CCSc2ccccc2)CC23CC4CC(CC(C4)C2)C3)c([N+](=O)[O-])c1)c1ccc(C2=CCCCC2)cc1. The third kappa shape index (κ3) is 7.20. The van der Waals surface area contributed by atoms with Crippen LogP contribution >= 0.6 is 11.8 Å². The van der Waals surface area contributed by atoms with Crippen LogP contribution in [0.5, 0.6) is 0 Å². The zero-order valence-electron chi connectivity index (χ0n) is 27.2. The molecule has 4 fully saturated rings. The standard InChI is InChI=1S/C38H43N3O5S2/c42-37(32-13-11-31(12-14-32)30-7-3-1-4-8-30)39-48(45,46)34-15-16-35(36(22-34)41(43)44)40(17-18-47-33-9-5-2-6-10-33)26-38-23-27-19-28(24-38)21-29(20-27)25-38/h2,5-7,9-16,22,27-29H,1,3-4,8,17-21,23-26H2,(H,39,42). The number of anilines is 1. The predicted molar refractivity (Wildman–Crippen MR) is 191 cm³/mol. The Bertz CT molecular complexity index is 1770. The van der Waals surface area contributed by atoms with Crippen molar-refractivity contribution < 1.29 is 18.1 Å². The lowest BCUT2D eigenvalue weighted by atomic mass is 9.49. The van der Waals surface area contributed by atoms with E-state index in [2.05, 4.69) is 27.8 Å². The summed E-state index contributed by atoms with van der Waals surface area (Å²) >= 11 is 1.71. The van der Waals surface area contributed by atoms with Crippen LogP contribution in [0.25, 0.3) is 5.57 Å². The second kappa shape index (κ2) is 13.7. The quantitative estimate of drug-likeness (QED) is 0.116. The van der Waals surface area contributed by atoms with Gasteiger partial charge in [0.15, 0.2) is 0 Å². The molecule has 8 rings (SSSR count). The normalized spacial score (nSPS) is 24.6. The summed E-state index contributed by atoms with van der Waals surface area (Å²) in [5, 5.41) is 12.6. The summed E-state index contributed by atoms with van der Waals surface area (Å²) in [5.74, 6) is 2.18. The number of nitro groups is 1. The number of thioether (sulfide) groups is 1. The molecule has 5 aliphatic carbocycles. The molecule has 8 nitrogen and oxygen atoms in total. The second-order valence-electron chi connectivity index (χ2n) is 14.4. The topological polar surface area (TPSA) is 110 Å². The van der Waals surface area contributed by atoms with Gasteiger partial charge in [-0.05, 0) is 135 Å². The number of rotatable bonds is 12. The number of allylic oxidation sites excluding steroid dienone is 2. The van der Waals surface area contributed by atoms with Crippen molar-refractivity contribution in [2.24, 2.45) is 23.2 Å². The first-order chi connectivity index (χ1) is 23.2. The molecule has 0 unspecified atom stereocenters. The van der Waals surface area contributed by atoms with Gasteiger partial charge in [0.05, 0.1) is 9.82 Å². The van der Waals surface area contributed by atoms with Gasteiger partial charge in [-0.25, -0.2) is 13.1 Å². The summed E-state index contributed by atoms with van der Waals surface area (Å²) in [6, 6.07) is 21.1. The van der Waals surface area contributed by atoms with Crippen molar-refractivity contribution in [1.82, 2.24) is 4.72 Å². The lowest BCUT2D eigenvalue weighted by Crippen LogP contribution is -2.51. The number of sulfonamides is 1. The molecule has 48 heavy (non-hydrogen) atoms. The fourth-order valence-electron chi connectivity index (χ4n) is 9.22. The van der Waals surface area contributed by atoms with Crippen LogP contribution in [-0.2, 0) is 10.0 Å². The molecule has 5 aliphatic rings. The van der Waals surface area contributed by atoms with Crippen LogP contribution in [0.1, 0.15) is 80.1 Å². The minimum absolute atomic E-state index is 0.127. The molecule has 1 amide bonds. The minimum atomic E-state index is -4.37. The first-order valence-corrected chi connectivity index (χ1v) is 19.7. The van der Waals surface area contributed by atoms with Crippen molar-refractivity contribution in [3.8, 4) is 0 Å². The zero-order chi connectivity index (χ0) is 33.3. The number of hydrogen-bond donors (Lipinski definition) is 1. The summed E-state index contributed by atoms with van der Waals surface area (Å²) in [4.78, 5) is 28.1. The number of carbonyl (C=O) groups excluding carboxylic acids is 1. The largest absolute Gasteiger partial charge is 0.365 e. The van der Waals surface area contributed by atoms with Gasteiger partial charge >= 0.3 is 0 Å². The third-order valence-electron chi connectivity index (χ3n) is 10.9. The molecule has 0 saturated heterocycles. The summed E-state index contributed by atoms with van der Waals surface area (Å²) in [5.41, 5.74) is 2.78. The first-order valence-electron chi connectivity index (χ1n) is 17.2. The van der Waals surface area contributed by atoms with E-state index in [4.69, 9.17) is 0 Å². The number of nitro benzene ring substituents is 1. The molecule has 0 atom stereocenters. The van der Waals surface area contributed by atoms with E-state index in [-0.39, 0.29) is 21.6 Å². The third-order valence-corrected chi connectivity index (χ3v) is 13.2. The lowest BCUT2D eigenvalue weighted by molar-refractivity contribution is -0.384. The van der Waals surface area contributed by atoms with Gasteiger partial charge in [-0.15, -0.1) is 11.8 Å². The van der Waals surface area contributed by atoms with Crippen molar-refractivity contribution in [1.29, 1.82) is 0 Å². The molecule has 0 aromatic heterocycles. The van der Waals surface area contributed by atoms with Gasteiger partial charge in [0.25, 0.3) is 21.6 Å². The van der Waals surface area contributed by atoms with Crippen molar-refractivity contribution in [2.45, 2.75) is 74.0 Å². The van der Waals surface area contributed by atoms with E-state index in [9.17, 15) is 23.3 Å². The molecule has 3 aromatic rings. The number of nitrogens with zero attached hydrogens (tertiary/aromatic N) is 2. The second-order valence-corrected chi connectivity index (χ2v) is 17.2. The van der Waals surface area contributed by atoms with E-state index in [0.29, 0.717) is 12.2 Å². The Morgan fingerprint density at radius 3 is 2.25 bits per heavy atom. The number of amides is 1. The van der Waals surface area contributed by atoms with E-state index in [0.717, 1.165) is 85.1 Å². The molecule has 252 valence electrons. The highest BCUT2D eigenvalue weighted by atomic mass is 32.2. The van der Waals surface area contributed by atoms with Gasteiger partial charge in [0.1, 0.15) is 5.69 Å². The average Bonchev–Trinajstić information content (AvgIpc) is 3.07. The van der Waals surface area contributed by atoms with Gasteiger partial charge in [0, 0.05) is 35.4 Å². The maximum Gasteiger partial charge on any atom is 0.293 e. The van der Waals surface area contributed by atoms with Gasteiger partial charge in [-0.3, -0.25) is 14.9 Å². The van der Waals surface area contributed by atoms with Crippen molar-refractivity contribution >= 4 is 44.6 Å². The molecule has 1 N–H and O–H groups in total. The average molecular weight is 686 g/mol. The number of carbonyl (C=O) groups is 1. The molecule has 10 heteroatoms. The van der Waals surface area contributed by atoms with Gasteiger partial charge in [-0.2, -0.15) is 0 Å². The van der Waals surface area contributed by atoms with Gasteiger partial charge in [0.2, 0.25) is 0 Å². The van der Waals surface area contributed by atoms with E-state index in [1.807, 2.05) is 30.3 Å². The van der Waals surface area contributed by atoms with Crippen LogP contribution in [-0.4, -0.2) is 38.1 Å². The Hall–Kier alpha value is -3.63. The van der Waals surface area contributed by atoms with Gasteiger partial charge < -0.3 is 4.90 Å².